The number of amides is 1. The van der Waals surface area contributed by atoms with Crippen molar-refractivity contribution in [2.75, 3.05) is 6.54 Å². The molecule has 0 fully saturated rings. The Morgan fingerprint density at radius 1 is 1.73 bits per heavy atom. The lowest BCUT2D eigenvalue weighted by Crippen LogP contribution is -2.30. The maximum atomic E-state index is 11.3. The van der Waals surface area contributed by atoms with Gasteiger partial charge in [-0.15, -0.1) is 0 Å². The molecule has 1 aromatic heterocycles. The Morgan fingerprint density at radius 2 is 2.40 bits per heavy atom. The summed E-state index contributed by atoms with van der Waals surface area (Å²) in [5, 5.41) is 21.6. The number of carbonyl (C=O) groups excluding carboxylic acids is 1. The van der Waals surface area contributed by atoms with Crippen LogP contribution in [0, 0.1) is 10.1 Å². The highest BCUT2D eigenvalue weighted by Gasteiger charge is 2.14. The van der Waals surface area contributed by atoms with Crippen molar-refractivity contribution in [1.29, 1.82) is 0 Å². The van der Waals surface area contributed by atoms with E-state index in [1.165, 1.54) is 19.1 Å². The van der Waals surface area contributed by atoms with E-state index in [-0.39, 0.29) is 18.1 Å². The molecule has 0 aliphatic rings. The van der Waals surface area contributed by atoms with Crippen LogP contribution in [0.5, 0.6) is 0 Å². The molecule has 0 unspecified atom stereocenters. The number of aliphatic hydroxyl groups excluding tert-OH is 1. The topological polar surface area (TPSA) is 108 Å². The molecule has 1 amide bonds. The van der Waals surface area contributed by atoms with E-state index >= 15 is 0 Å². The Labute approximate surface area is 85.3 Å². The third kappa shape index (κ3) is 3.06. The number of hydrogen-bond donors (Lipinski definition) is 3. The number of nitrogens with zero attached hydrogens (tertiary/aromatic N) is 1. The zero-order valence-electron chi connectivity index (χ0n) is 8.06. The maximum Gasteiger partial charge on any atom is 0.321 e. The van der Waals surface area contributed by atoms with Crippen LogP contribution < -0.4 is 5.32 Å². The molecule has 15 heavy (non-hydrogen) atoms. The lowest BCUT2D eigenvalue weighted by molar-refractivity contribution is -0.389. The Hall–Kier alpha value is -1.89. The third-order valence-corrected chi connectivity index (χ3v) is 1.67. The highest BCUT2D eigenvalue weighted by molar-refractivity contribution is 5.92. The smallest absolute Gasteiger partial charge is 0.321 e. The van der Waals surface area contributed by atoms with Crippen molar-refractivity contribution >= 4 is 11.7 Å². The first kappa shape index (κ1) is 11.2. The van der Waals surface area contributed by atoms with Crippen LogP contribution >= 0.6 is 0 Å². The Balaban J connectivity index is 2.62. The first-order valence-corrected chi connectivity index (χ1v) is 4.30. The van der Waals surface area contributed by atoms with Crippen molar-refractivity contribution in [1.82, 2.24) is 10.3 Å². The molecule has 7 heteroatoms. The van der Waals surface area contributed by atoms with Crippen LogP contribution in [-0.4, -0.2) is 33.6 Å². The normalized spacial score (nSPS) is 12.1. The Morgan fingerprint density at radius 3 is 2.87 bits per heavy atom. The second-order valence-corrected chi connectivity index (χ2v) is 3.07. The standard InChI is InChI=1S/C8H11N3O4/c1-5(12)4-9-8(13)6-2-3-7(10-6)11(14)15/h2-3,5,10,12H,4H2,1H3,(H,9,13)/t5-/m0/s1. The summed E-state index contributed by atoms with van der Waals surface area (Å²) in [4.78, 5) is 23.3. The molecule has 1 heterocycles. The van der Waals surface area contributed by atoms with Gasteiger partial charge in [-0.05, 0) is 17.9 Å². The zero-order chi connectivity index (χ0) is 11.4. The second-order valence-electron chi connectivity index (χ2n) is 3.07. The van der Waals surface area contributed by atoms with Crippen molar-refractivity contribution in [2.45, 2.75) is 13.0 Å². The summed E-state index contributed by atoms with van der Waals surface area (Å²) in [5.41, 5.74) is 0.0994. The minimum atomic E-state index is -0.654. The van der Waals surface area contributed by atoms with Crippen LogP contribution in [0.25, 0.3) is 0 Å². The quantitative estimate of drug-likeness (QED) is 0.484. The van der Waals surface area contributed by atoms with Gasteiger partial charge in [0.25, 0.3) is 5.91 Å². The van der Waals surface area contributed by atoms with Gasteiger partial charge in [-0.25, -0.2) is 4.98 Å². The molecule has 1 rings (SSSR count). The number of nitrogens with one attached hydrogen (secondary N) is 2. The summed E-state index contributed by atoms with van der Waals surface area (Å²) < 4.78 is 0. The van der Waals surface area contributed by atoms with Crippen molar-refractivity contribution in [3.8, 4) is 0 Å². The van der Waals surface area contributed by atoms with Gasteiger partial charge < -0.3 is 20.5 Å². The summed E-state index contributed by atoms with van der Waals surface area (Å²) >= 11 is 0. The summed E-state index contributed by atoms with van der Waals surface area (Å²) in [6.07, 6.45) is -0.654. The SMILES string of the molecule is C[C@H](O)CNC(=O)c1ccc([N+](=O)[O-])[nH]1. The van der Waals surface area contributed by atoms with Crippen LogP contribution in [0.4, 0.5) is 5.82 Å². The number of carbonyl (C=O) groups is 1. The predicted molar refractivity (Wildman–Crippen MR) is 51.5 cm³/mol. The van der Waals surface area contributed by atoms with Gasteiger partial charge in [-0.2, -0.15) is 0 Å². The van der Waals surface area contributed by atoms with Crippen LogP contribution in [0.1, 0.15) is 17.4 Å². The Kier molecular flexibility index (Phi) is 3.40. The molecule has 1 atom stereocenters. The second kappa shape index (κ2) is 4.56. The maximum absolute atomic E-state index is 11.3. The van der Waals surface area contributed by atoms with E-state index in [1.807, 2.05) is 0 Å². The predicted octanol–water partition coefficient (Wildman–Crippen LogP) is 0.0335. The van der Waals surface area contributed by atoms with E-state index in [9.17, 15) is 14.9 Å². The van der Waals surface area contributed by atoms with Crippen molar-refractivity contribution in [2.24, 2.45) is 0 Å². The van der Waals surface area contributed by atoms with Crippen molar-refractivity contribution in [3.63, 3.8) is 0 Å². The molecule has 0 radical (unpaired) electrons. The number of rotatable bonds is 4. The Bertz CT molecular complexity index is 372. The van der Waals surface area contributed by atoms with Crippen LogP contribution in [0.15, 0.2) is 12.1 Å². The number of aromatic nitrogens is 1. The fraction of sp³-hybridized carbons (Fsp3) is 0.375. The molecule has 0 spiro atoms. The average molecular weight is 213 g/mol. The highest BCUT2D eigenvalue weighted by Crippen LogP contribution is 2.09. The largest absolute Gasteiger partial charge is 0.392 e. The molecule has 7 nitrogen and oxygen atoms in total. The number of aliphatic hydroxyl groups is 1. The number of hydrogen-bond acceptors (Lipinski definition) is 4. The fourth-order valence-corrected chi connectivity index (χ4v) is 0.958. The molecule has 0 saturated heterocycles. The van der Waals surface area contributed by atoms with E-state index < -0.39 is 16.9 Å². The molecular weight excluding hydrogens is 202 g/mol. The van der Waals surface area contributed by atoms with Crippen molar-refractivity contribution < 1.29 is 14.8 Å². The van der Waals surface area contributed by atoms with E-state index in [1.54, 1.807) is 0 Å². The molecule has 0 bridgehead atoms. The number of H-pyrrole nitrogens is 1. The van der Waals surface area contributed by atoms with Crippen LogP contribution in [0.3, 0.4) is 0 Å². The first-order chi connectivity index (χ1) is 7.00. The molecule has 1 aromatic rings. The monoisotopic (exact) mass is 213 g/mol. The summed E-state index contributed by atoms with van der Waals surface area (Å²) in [7, 11) is 0. The zero-order valence-corrected chi connectivity index (χ0v) is 8.06. The summed E-state index contributed by atoms with van der Waals surface area (Å²) in [6.45, 7) is 1.63. The summed E-state index contributed by atoms with van der Waals surface area (Å²) in [5.74, 6) is -0.721. The molecular formula is C8H11N3O4. The lowest BCUT2D eigenvalue weighted by atomic mass is 10.3. The molecule has 3 N–H and O–H groups in total. The number of aromatic amines is 1. The summed E-state index contributed by atoms with van der Waals surface area (Å²) in [6, 6.07) is 2.52. The van der Waals surface area contributed by atoms with E-state index in [0.717, 1.165) is 0 Å². The van der Waals surface area contributed by atoms with Gasteiger partial charge in [-0.1, -0.05) is 0 Å². The first-order valence-electron chi connectivity index (χ1n) is 4.30. The average Bonchev–Trinajstić information content (AvgIpc) is 2.62. The molecule has 0 saturated carbocycles. The van der Waals surface area contributed by atoms with Gasteiger partial charge >= 0.3 is 5.82 Å². The van der Waals surface area contributed by atoms with Gasteiger partial charge in [0.2, 0.25) is 0 Å². The fourth-order valence-electron chi connectivity index (χ4n) is 0.958. The van der Waals surface area contributed by atoms with Crippen molar-refractivity contribution in [3.05, 3.63) is 27.9 Å². The number of nitro groups is 1. The van der Waals surface area contributed by atoms with Gasteiger partial charge in [0.15, 0.2) is 5.69 Å². The molecule has 0 aliphatic heterocycles. The highest BCUT2D eigenvalue weighted by atomic mass is 16.6. The third-order valence-electron chi connectivity index (χ3n) is 1.67. The molecule has 0 aliphatic carbocycles. The van der Waals surface area contributed by atoms with Crippen LogP contribution in [0.2, 0.25) is 0 Å². The van der Waals surface area contributed by atoms with E-state index in [4.69, 9.17) is 5.11 Å². The van der Waals surface area contributed by atoms with Gasteiger partial charge in [0.05, 0.1) is 6.10 Å². The van der Waals surface area contributed by atoms with E-state index in [0.29, 0.717) is 0 Å². The van der Waals surface area contributed by atoms with Gasteiger partial charge in [-0.3, -0.25) is 4.79 Å². The minimum absolute atomic E-state index is 0.0994. The van der Waals surface area contributed by atoms with Crippen LogP contribution in [-0.2, 0) is 0 Å². The lowest BCUT2D eigenvalue weighted by Gasteiger charge is -2.03. The molecule has 0 aromatic carbocycles. The molecule has 82 valence electrons. The van der Waals surface area contributed by atoms with Gasteiger partial charge in [0, 0.05) is 12.6 Å². The van der Waals surface area contributed by atoms with Gasteiger partial charge in [0.1, 0.15) is 0 Å². The van der Waals surface area contributed by atoms with E-state index in [2.05, 4.69) is 10.3 Å². The minimum Gasteiger partial charge on any atom is -0.392 e.